The zero-order chi connectivity index (χ0) is 10.3. The molecular weight excluding hydrogens is 192 g/mol. The predicted octanol–water partition coefficient (Wildman–Crippen LogP) is 2.67. The summed E-state index contributed by atoms with van der Waals surface area (Å²) in [5.41, 5.74) is 7.19. The molecule has 0 aliphatic rings. The molecule has 1 aromatic carbocycles. The van der Waals surface area contributed by atoms with Crippen molar-refractivity contribution in [2.45, 2.75) is 0 Å². The Bertz CT molecular complexity index is 610. The second-order valence-corrected chi connectivity index (χ2v) is 3.26. The number of hydrogen-bond donors (Lipinski definition) is 1. The van der Waals surface area contributed by atoms with E-state index in [0.717, 1.165) is 16.5 Å². The Balaban J connectivity index is 2.27. The summed E-state index contributed by atoms with van der Waals surface area (Å²) in [5, 5.41) is 4.63. The van der Waals surface area contributed by atoms with E-state index in [-0.39, 0.29) is 0 Å². The van der Waals surface area contributed by atoms with Crippen LogP contribution in [0.2, 0.25) is 0 Å². The van der Waals surface area contributed by atoms with Crippen molar-refractivity contribution in [1.29, 1.82) is 0 Å². The van der Waals surface area contributed by atoms with Crippen molar-refractivity contribution in [3.63, 3.8) is 0 Å². The molecule has 0 spiro atoms. The van der Waals surface area contributed by atoms with Crippen LogP contribution in [0.15, 0.2) is 45.5 Å². The van der Waals surface area contributed by atoms with Crippen LogP contribution in [0.4, 0.5) is 5.82 Å². The minimum Gasteiger partial charge on any atom is -0.464 e. The van der Waals surface area contributed by atoms with Gasteiger partial charge in [0.15, 0.2) is 11.6 Å². The van der Waals surface area contributed by atoms with Gasteiger partial charge in [-0.05, 0) is 6.07 Å². The summed E-state index contributed by atoms with van der Waals surface area (Å²) in [5.74, 6) is 0.993. The molecule has 2 aromatic heterocycles. The van der Waals surface area contributed by atoms with Crippen molar-refractivity contribution in [3.8, 4) is 11.3 Å². The maximum absolute atomic E-state index is 5.49. The fraction of sp³-hybridized carbons (Fsp3) is 0. The molecule has 3 aromatic rings. The number of nitrogens with zero attached hydrogens (tertiary/aromatic N) is 1. The molecule has 15 heavy (non-hydrogen) atoms. The number of nitrogen functional groups attached to an aromatic ring is 1. The summed E-state index contributed by atoms with van der Waals surface area (Å²) in [6.45, 7) is 0. The van der Waals surface area contributed by atoms with Gasteiger partial charge < -0.3 is 14.7 Å². The average molecular weight is 200 g/mol. The van der Waals surface area contributed by atoms with Crippen LogP contribution in [0.3, 0.4) is 0 Å². The number of aromatic nitrogens is 1. The van der Waals surface area contributed by atoms with Crippen LogP contribution in [0.5, 0.6) is 0 Å². The lowest BCUT2D eigenvalue weighted by atomic mass is 10.1. The third kappa shape index (κ3) is 1.19. The molecule has 0 saturated heterocycles. The minimum atomic E-state index is 0.371. The van der Waals surface area contributed by atoms with Crippen LogP contribution in [0.1, 0.15) is 0 Å². The summed E-state index contributed by atoms with van der Waals surface area (Å²) >= 11 is 0. The van der Waals surface area contributed by atoms with E-state index in [1.165, 1.54) is 0 Å². The molecule has 2 heterocycles. The van der Waals surface area contributed by atoms with Gasteiger partial charge in [-0.15, -0.1) is 0 Å². The molecule has 74 valence electrons. The second-order valence-electron chi connectivity index (χ2n) is 3.26. The minimum absolute atomic E-state index is 0.371. The Morgan fingerprint density at radius 3 is 2.87 bits per heavy atom. The van der Waals surface area contributed by atoms with Gasteiger partial charge in [0.2, 0.25) is 0 Å². The first-order chi connectivity index (χ1) is 7.34. The molecule has 0 amide bonds. The van der Waals surface area contributed by atoms with Crippen molar-refractivity contribution in [1.82, 2.24) is 5.16 Å². The average Bonchev–Trinajstić information content (AvgIpc) is 2.83. The van der Waals surface area contributed by atoms with E-state index < -0.39 is 0 Å². The van der Waals surface area contributed by atoms with Crippen LogP contribution in [0.25, 0.3) is 22.3 Å². The highest BCUT2D eigenvalue weighted by atomic mass is 16.5. The Kier molecular flexibility index (Phi) is 1.56. The van der Waals surface area contributed by atoms with Gasteiger partial charge in [-0.25, -0.2) is 0 Å². The highest BCUT2D eigenvalue weighted by Gasteiger charge is 2.11. The third-order valence-corrected chi connectivity index (χ3v) is 2.27. The van der Waals surface area contributed by atoms with E-state index in [0.29, 0.717) is 11.6 Å². The van der Waals surface area contributed by atoms with E-state index in [9.17, 15) is 0 Å². The Hall–Kier alpha value is -2.23. The Morgan fingerprint density at radius 1 is 1.20 bits per heavy atom. The quantitative estimate of drug-likeness (QED) is 0.655. The number of hydrogen-bond acceptors (Lipinski definition) is 4. The van der Waals surface area contributed by atoms with Crippen LogP contribution in [-0.4, -0.2) is 5.16 Å². The second kappa shape index (κ2) is 2.88. The monoisotopic (exact) mass is 200 g/mol. The van der Waals surface area contributed by atoms with Crippen LogP contribution >= 0.6 is 0 Å². The molecule has 4 nitrogen and oxygen atoms in total. The first-order valence-corrected chi connectivity index (χ1v) is 4.53. The van der Waals surface area contributed by atoms with E-state index in [1.807, 2.05) is 24.3 Å². The van der Waals surface area contributed by atoms with Gasteiger partial charge >= 0.3 is 0 Å². The molecule has 0 saturated carbocycles. The van der Waals surface area contributed by atoms with Crippen molar-refractivity contribution < 1.29 is 8.94 Å². The SMILES string of the molecule is Nc1cc(-c2coc3ccccc23)on1. The van der Waals surface area contributed by atoms with Gasteiger partial charge in [-0.2, -0.15) is 0 Å². The Morgan fingerprint density at radius 2 is 2.07 bits per heavy atom. The molecule has 0 atom stereocenters. The highest BCUT2D eigenvalue weighted by molar-refractivity contribution is 5.92. The molecule has 0 fully saturated rings. The standard InChI is InChI=1S/C11H8N2O2/c12-11-5-10(15-13-11)8-6-14-9-4-2-1-3-7(8)9/h1-6H,(H2,12,13). The van der Waals surface area contributed by atoms with Crippen molar-refractivity contribution in [2.24, 2.45) is 0 Å². The van der Waals surface area contributed by atoms with E-state index >= 15 is 0 Å². The van der Waals surface area contributed by atoms with Crippen LogP contribution in [-0.2, 0) is 0 Å². The smallest absolute Gasteiger partial charge is 0.172 e. The maximum atomic E-state index is 5.49. The predicted molar refractivity (Wildman–Crippen MR) is 56.1 cm³/mol. The fourth-order valence-electron chi connectivity index (χ4n) is 1.58. The summed E-state index contributed by atoms with van der Waals surface area (Å²) in [4.78, 5) is 0. The maximum Gasteiger partial charge on any atom is 0.172 e. The summed E-state index contributed by atoms with van der Waals surface area (Å²) in [7, 11) is 0. The molecule has 2 N–H and O–H groups in total. The summed E-state index contributed by atoms with van der Waals surface area (Å²) in [6.07, 6.45) is 1.64. The van der Waals surface area contributed by atoms with Gasteiger partial charge in [0.25, 0.3) is 0 Å². The number of nitrogens with two attached hydrogens (primary N) is 1. The van der Waals surface area contributed by atoms with E-state index in [2.05, 4.69) is 5.16 Å². The lowest BCUT2D eigenvalue weighted by molar-refractivity contribution is 0.435. The normalized spacial score (nSPS) is 10.9. The highest BCUT2D eigenvalue weighted by Crippen LogP contribution is 2.30. The summed E-state index contributed by atoms with van der Waals surface area (Å²) < 4.78 is 10.5. The number of para-hydroxylation sites is 1. The van der Waals surface area contributed by atoms with Gasteiger partial charge in [-0.3, -0.25) is 0 Å². The molecule has 0 unspecified atom stereocenters. The number of benzene rings is 1. The van der Waals surface area contributed by atoms with Crippen molar-refractivity contribution in [2.75, 3.05) is 5.73 Å². The lowest BCUT2D eigenvalue weighted by Gasteiger charge is -1.89. The molecule has 0 radical (unpaired) electrons. The van der Waals surface area contributed by atoms with Gasteiger partial charge in [0.1, 0.15) is 11.8 Å². The van der Waals surface area contributed by atoms with Crippen molar-refractivity contribution >= 4 is 16.8 Å². The molecule has 4 heteroatoms. The topological polar surface area (TPSA) is 65.2 Å². The summed E-state index contributed by atoms with van der Waals surface area (Å²) in [6, 6.07) is 9.41. The lowest BCUT2D eigenvalue weighted by Crippen LogP contribution is -1.79. The number of fused-ring (bicyclic) bond motifs is 1. The largest absolute Gasteiger partial charge is 0.464 e. The molecular formula is C11H8N2O2. The van der Waals surface area contributed by atoms with E-state index in [4.69, 9.17) is 14.7 Å². The molecule has 0 bridgehead atoms. The number of furan rings is 1. The number of rotatable bonds is 1. The first-order valence-electron chi connectivity index (χ1n) is 4.53. The van der Waals surface area contributed by atoms with E-state index in [1.54, 1.807) is 12.3 Å². The van der Waals surface area contributed by atoms with Crippen LogP contribution < -0.4 is 5.73 Å². The van der Waals surface area contributed by atoms with Gasteiger partial charge in [-0.1, -0.05) is 23.4 Å². The molecule has 0 aliphatic heterocycles. The molecule has 3 rings (SSSR count). The van der Waals surface area contributed by atoms with Crippen LogP contribution in [0, 0.1) is 0 Å². The number of anilines is 1. The van der Waals surface area contributed by atoms with Gasteiger partial charge in [0.05, 0.1) is 5.56 Å². The third-order valence-electron chi connectivity index (χ3n) is 2.27. The van der Waals surface area contributed by atoms with Crippen molar-refractivity contribution in [3.05, 3.63) is 36.6 Å². The zero-order valence-corrected chi connectivity index (χ0v) is 7.81. The Labute approximate surface area is 85.3 Å². The zero-order valence-electron chi connectivity index (χ0n) is 7.81. The first kappa shape index (κ1) is 8.11. The fourth-order valence-corrected chi connectivity index (χ4v) is 1.58. The van der Waals surface area contributed by atoms with Gasteiger partial charge in [0, 0.05) is 11.5 Å². The molecule has 0 aliphatic carbocycles.